The van der Waals surface area contributed by atoms with E-state index in [4.69, 9.17) is 4.74 Å². The number of H-pyrrole nitrogens is 1. The Bertz CT molecular complexity index is 1150. The van der Waals surface area contributed by atoms with E-state index >= 15 is 0 Å². The molecule has 1 aliphatic heterocycles. The Morgan fingerprint density at radius 2 is 2.10 bits per heavy atom. The highest BCUT2D eigenvalue weighted by Gasteiger charge is 2.21. The lowest BCUT2D eigenvalue weighted by molar-refractivity contribution is 0.241. The molecule has 2 aromatic heterocycles. The molecule has 148 valence electrons. The third-order valence-corrected chi connectivity index (χ3v) is 5.75. The van der Waals surface area contributed by atoms with E-state index in [0.29, 0.717) is 12.6 Å². The summed E-state index contributed by atoms with van der Waals surface area (Å²) in [6.07, 6.45) is 7.89. The molecule has 4 aromatic rings. The van der Waals surface area contributed by atoms with Crippen molar-refractivity contribution < 1.29 is 9.13 Å². The lowest BCUT2D eigenvalue weighted by Gasteiger charge is -2.27. The van der Waals surface area contributed by atoms with Crippen LogP contribution in [-0.2, 0) is 12.8 Å². The van der Waals surface area contributed by atoms with Gasteiger partial charge in [-0.15, -0.1) is 0 Å². The smallest absolute Gasteiger partial charge is 0.132 e. The highest BCUT2D eigenvalue weighted by atomic mass is 19.1. The van der Waals surface area contributed by atoms with E-state index in [1.807, 2.05) is 18.5 Å². The number of hydrogen-bond acceptors (Lipinski definition) is 3. The number of nitrogens with one attached hydrogen (secondary N) is 2. The van der Waals surface area contributed by atoms with Crippen LogP contribution in [0.25, 0.3) is 21.8 Å². The van der Waals surface area contributed by atoms with E-state index in [9.17, 15) is 4.39 Å². The predicted octanol–water partition coefficient (Wildman–Crippen LogP) is 4.77. The molecule has 0 saturated heterocycles. The highest BCUT2D eigenvalue weighted by molar-refractivity contribution is 5.86. The molecule has 0 amide bonds. The number of rotatable bonds is 6. The fraction of sp³-hybridized carbons (Fsp3) is 0.292. The maximum Gasteiger partial charge on any atom is 0.132 e. The Balaban J connectivity index is 1.13. The monoisotopic (exact) mass is 389 g/mol. The van der Waals surface area contributed by atoms with Gasteiger partial charge < -0.3 is 15.0 Å². The summed E-state index contributed by atoms with van der Waals surface area (Å²) in [5.74, 6) is 0.807. The van der Waals surface area contributed by atoms with Crippen LogP contribution in [0.1, 0.15) is 24.0 Å². The van der Waals surface area contributed by atoms with Crippen LogP contribution >= 0.6 is 0 Å². The second kappa shape index (κ2) is 7.84. The maximum absolute atomic E-state index is 13.5. The van der Waals surface area contributed by atoms with Gasteiger partial charge in [0.2, 0.25) is 0 Å². The lowest BCUT2D eigenvalue weighted by atomic mass is 9.99. The molecule has 0 unspecified atom stereocenters. The molecule has 5 rings (SSSR count). The van der Waals surface area contributed by atoms with Gasteiger partial charge in [0.15, 0.2) is 0 Å². The van der Waals surface area contributed by atoms with Crippen LogP contribution in [0.4, 0.5) is 4.39 Å². The minimum atomic E-state index is -0.179. The summed E-state index contributed by atoms with van der Waals surface area (Å²) < 4.78 is 19.6. The van der Waals surface area contributed by atoms with Gasteiger partial charge in [0.25, 0.3) is 0 Å². The van der Waals surface area contributed by atoms with Gasteiger partial charge in [-0.2, -0.15) is 0 Å². The highest BCUT2D eigenvalue weighted by Crippen LogP contribution is 2.32. The van der Waals surface area contributed by atoms with Gasteiger partial charge in [-0.25, -0.2) is 4.39 Å². The van der Waals surface area contributed by atoms with Crippen molar-refractivity contribution in [2.45, 2.75) is 31.7 Å². The number of nitrogens with zero attached hydrogens (tertiary/aromatic N) is 1. The normalized spacial score (nSPS) is 16.1. The van der Waals surface area contributed by atoms with Gasteiger partial charge in [-0.05, 0) is 79.8 Å². The average Bonchev–Trinajstić information content (AvgIpc) is 3.15. The number of unbranched alkanes of at least 4 members (excludes halogenated alkanes) is 1. The largest absolute Gasteiger partial charge is 0.491 e. The van der Waals surface area contributed by atoms with Crippen LogP contribution < -0.4 is 10.1 Å². The predicted molar refractivity (Wildman–Crippen MR) is 114 cm³/mol. The van der Waals surface area contributed by atoms with Crippen LogP contribution in [0.15, 0.2) is 54.9 Å². The fourth-order valence-electron chi connectivity index (χ4n) is 4.25. The Morgan fingerprint density at radius 3 is 3.07 bits per heavy atom. The number of aromatic amines is 1. The van der Waals surface area contributed by atoms with Gasteiger partial charge in [0.1, 0.15) is 18.2 Å². The number of fused-ring (bicyclic) bond motifs is 4. The molecule has 0 saturated carbocycles. The van der Waals surface area contributed by atoms with E-state index < -0.39 is 0 Å². The number of benzene rings is 2. The van der Waals surface area contributed by atoms with Crippen LogP contribution in [0.5, 0.6) is 5.75 Å². The molecular weight excluding hydrogens is 365 g/mol. The van der Waals surface area contributed by atoms with E-state index in [0.717, 1.165) is 59.8 Å². The van der Waals surface area contributed by atoms with Crippen molar-refractivity contribution in [1.82, 2.24) is 15.3 Å². The van der Waals surface area contributed by atoms with Gasteiger partial charge in [-0.1, -0.05) is 6.07 Å². The zero-order chi connectivity index (χ0) is 19.6. The van der Waals surface area contributed by atoms with Gasteiger partial charge >= 0.3 is 0 Å². The van der Waals surface area contributed by atoms with Crippen molar-refractivity contribution >= 4 is 21.8 Å². The van der Waals surface area contributed by atoms with Crippen molar-refractivity contribution in [2.24, 2.45) is 0 Å². The van der Waals surface area contributed by atoms with Crippen LogP contribution in [-0.4, -0.2) is 29.2 Å². The summed E-state index contributed by atoms with van der Waals surface area (Å²) in [7, 11) is 0. The summed E-state index contributed by atoms with van der Waals surface area (Å²) in [5.41, 5.74) is 4.42. The minimum Gasteiger partial charge on any atom is -0.491 e. The number of pyridine rings is 1. The van der Waals surface area contributed by atoms with E-state index in [1.165, 1.54) is 17.2 Å². The van der Waals surface area contributed by atoms with Crippen molar-refractivity contribution in [3.63, 3.8) is 0 Å². The molecule has 0 spiro atoms. The van der Waals surface area contributed by atoms with Gasteiger partial charge in [0, 0.05) is 34.7 Å². The molecule has 1 aliphatic rings. The number of hydrogen-bond donors (Lipinski definition) is 2. The molecule has 4 nitrogen and oxygen atoms in total. The minimum absolute atomic E-state index is 0.179. The van der Waals surface area contributed by atoms with Crippen LogP contribution in [0, 0.1) is 5.82 Å². The van der Waals surface area contributed by atoms with Gasteiger partial charge in [-0.3, -0.25) is 4.98 Å². The first-order valence-electron chi connectivity index (χ1n) is 10.3. The molecule has 29 heavy (non-hydrogen) atoms. The van der Waals surface area contributed by atoms with Gasteiger partial charge in [0.05, 0.1) is 5.52 Å². The van der Waals surface area contributed by atoms with E-state index in [-0.39, 0.29) is 5.82 Å². The SMILES string of the molecule is Fc1ccc2[nH]cc(CCCCN[C@@H]3COc4c(ccc5ncccc45)C3)c2c1. The molecule has 3 heterocycles. The van der Waals surface area contributed by atoms with Crippen molar-refractivity contribution in [3.05, 3.63) is 71.8 Å². The van der Waals surface area contributed by atoms with Crippen LogP contribution in [0.3, 0.4) is 0 Å². The zero-order valence-electron chi connectivity index (χ0n) is 16.2. The molecule has 2 N–H and O–H groups in total. The quantitative estimate of drug-likeness (QED) is 0.467. The third-order valence-electron chi connectivity index (χ3n) is 5.75. The summed E-state index contributed by atoms with van der Waals surface area (Å²) >= 11 is 0. The number of ether oxygens (including phenoxy) is 1. The Morgan fingerprint density at radius 1 is 1.14 bits per heavy atom. The average molecular weight is 389 g/mol. The van der Waals surface area contributed by atoms with E-state index in [2.05, 4.69) is 33.5 Å². The zero-order valence-corrected chi connectivity index (χ0v) is 16.2. The first-order valence-corrected chi connectivity index (χ1v) is 10.3. The summed E-state index contributed by atoms with van der Waals surface area (Å²) in [4.78, 5) is 7.63. The van der Waals surface area contributed by atoms with Crippen molar-refractivity contribution in [1.29, 1.82) is 0 Å². The first-order chi connectivity index (χ1) is 14.3. The second-order valence-electron chi connectivity index (χ2n) is 7.75. The van der Waals surface area contributed by atoms with Crippen molar-refractivity contribution in [2.75, 3.05) is 13.2 Å². The number of aryl methyl sites for hydroxylation is 1. The molecule has 0 aliphatic carbocycles. The summed E-state index contributed by atoms with van der Waals surface area (Å²) in [5, 5.41) is 5.72. The number of aromatic nitrogens is 2. The molecule has 5 heteroatoms. The van der Waals surface area contributed by atoms with Crippen molar-refractivity contribution in [3.8, 4) is 5.75 Å². The maximum atomic E-state index is 13.5. The number of halogens is 1. The third kappa shape index (κ3) is 3.70. The standard InChI is InChI=1S/C24H24FN3O/c25-18-7-9-23-21(13-18)17(14-28-23)4-1-2-10-26-19-12-16-6-8-22-20(5-3-11-27-22)24(16)29-15-19/h3,5-9,11,13-14,19,26,28H,1-2,4,10,12,15H2/t19-/m0/s1. The first kappa shape index (κ1) is 18.1. The Hall–Kier alpha value is -2.92. The lowest BCUT2D eigenvalue weighted by Crippen LogP contribution is -2.39. The molecule has 1 atom stereocenters. The molecule has 2 aromatic carbocycles. The molecule has 0 bridgehead atoms. The molecular formula is C24H24FN3O. The van der Waals surface area contributed by atoms with E-state index in [1.54, 1.807) is 12.1 Å². The fourth-order valence-corrected chi connectivity index (χ4v) is 4.25. The van der Waals surface area contributed by atoms with Crippen LogP contribution in [0.2, 0.25) is 0 Å². The topological polar surface area (TPSA) is 49.9 Å². The Labute approximate surface area is 169 Å². The molecule has 0 fully saturated rings. The Kier molecular flexibility index (Phi) is 4.90. The summed E-state index contributed by atoms with van der Waals surface area (Å²) in [6.45, 7) is 1.64. The second-order valence-corrected chi connectivity index (χ2v) is 7.75. The summed E-state index contributed by atoms with van der Waals surface area (Å²) in [6, 6.07) is 13.5. The molecule has 0 radical (unpaired) electrons.